The number of nitrogens with one attached hydrogen (secondary N) is 3. The molecule has 0 heterocycles. The third-order valence-electron chi connectivity index (χ3n) is 4.47. The Bertz CT molecular complexity index is 1180. The van der Waals surface area contributed by atoms with Crippen molar-refractivity contribution in [2.75, 3.05) is 19.8 Å². The first-order chi connectivity index (χ1) is 16.9. The molecule has 0 unspecified atom stereocenters. The van der Waals surface area contributed by atoms with Crippen molar-refractivity contribution < 1.29 is 23.8 Å². The topological polar surface area (TPSA) is 97.9 Å². The number of aryl methyl sites for hydroxylation is 1. The van der Waals surface area contributed by atoms with Gasteiger partial charge in [0.25, 0.3) is 11.8 Å². The van der Waals surface area contributed by atoms with Gasteiger partial charge in [-0.1, -0.05) is 36.4 Å². The smallest absolute Gasteiger partial charge is 0.276 e. The van der Waals surface area contributed by atoms with Gasteiger partial charge in [-0.05, 0) is 77.0 Å². The zero-order valence-corrected chi connectivity index (χ0v) is 21.3. The van der Waals surface area contributed by atoms with Crippen molar-refractivity contribution in [1.29, 1.82) is 0 Å². The molecule has 8 nitrogen and oxygen atoms in total. The molecule has 3 aromatic rings. The fourth-order valence-corrected chi connectivity index (χ4v) is 3.59. The number of hydrazine groups is 1. The van der Waals surface area contributed by atoms with Crippen LogP contribution in [0.3, 0.4) is 0 Å². The van der Waals surface area contributed by atoms with Gasteiger partial charge in [-0.2, -0.15) is 0 Å². The molecule has 10 heteroatoms. The van der Waals surface area contributed by atoms with Gasteiger partial charge in [-0.3, -0.25) is 25.8 Å². The summed E-state index contributed by atoms with van der Waals surface area (Å²) < 4.78 is 17.5. The Labute approximate surface area is 217 Å². The lowest BCUT2D eigenvalue weighted by Crippen LogP contribution is -2.49. The summed E-state index contributed by atoms with van der Waals surface area (Å²) in [7, 11) is 0. The van der Waals surface area contributed by atoms with Crippen molar-refractivity contribution in [1.82, 2.24) is 16.2 Å². The first-order valence-electron chi connectivity index (χ1n) is 10.6. The van der Waals surface area contributed by atoms with E-state index in [1.807, 2.05) is 49.4 Å². The van der Waals surface area contributed by atoms with E-state index in [0.717, 1.165) is 15.8 Å². The summed E-state index contributed by atoms with van der Waals surface area (Å²) in [6.07, 6.45) is 0. The van der Waals surface area contributed by atoms with Crippen LogP contribution >= 0.6 is 28.1 Å². The highest BCUT2D eigenvalue weighted by molar-refractivity contribution is 9.10. The molecule has 0 bridgehead atoms. The summed E-state index contributed by atoms with van der Waals surface area (Å²) >= 11 is 8.49. The third kappa shape index (κ3) is 8.58. The first-order valence-corrected chi connectivity index (χ1v) is 11.8. The van der Waals surface area contributed by atoms with Crippen LogP contribution in [0.1, 0.15) is 15.9 Å². The molecule has 182 valence electrons. The van der Waals surface area contributed by atoms with Crippen LogP contribution in [0, 0.1) is 6.92 Å². The van der Waals surface area contributed by atoms with Crippen LogP contribution in [0.2, 0.25) is 0 Å². The minimum absolute atomic E-state index is 0.0814. The fourth-order valence-electron chi connectivity index (χ4n) is 2.84. The highest BCUT2D eigenvalue weighted by atomic mass is 79.9. The predicted octanol–water partition coefficient (Wildman–Crippen LogP) is 3.93. The highest BCUT2D eigenvalue weighted by Crippen LogP contribution is 2.25. The molecule has 0 radical (unpaired) electrons. The van der Waals surface area contributed by atoms with Crippen molar-refractivity contribution in [3.63, 3.8) is 0 Å². The summed E-state index contributed by atoms with van der Waals surface area (Å²) in [5, 5.41) is 2.42. The second-order valence-corrected chi connectivity index (χ2v) is 8.45. The maximum Gasteiger partial charge on any atom is 0.276 e. The van der Waals surface area contributed by atoms with Gasteiger partial charge in [0.15, 0.2) is 11.7 Å². The minimum Gasteiger partial charge on any atom is -0.490 e. The quantitative estimate of drug-likeness (QED) is 0.208. The van der Waals surface area contributed by atoms with Gasteiger partial charge in [0.1, 0.15) is 30.5 Å². The molecule has 3 rings (SSSR count). The summed E-state index contributed by atoms with van der Waals surface area (Å²) in [5.41, 5.74) is 6.21. The molecule has 0 fully saturated rings. The number of hydrogen-bond acceptors (Lipinski definition) is 6. The van der Waals surface area contributed by atoms with Crippen LogP contribution in [0.4, 0.5) is 0 Å². The Morgan fingerprint density at radius 1 is 0.857 bits per heavy atom. The van der Waals surface area contributed by atoms with Crippen molar-refractivity contribution in [3.8, 4) is 17.2 Å². The van der Waals surface area contributed by atoms with Crippen molar-refractivity contribution in [2.24, 2.45) is 0 Å². The third-order valence-corrected chi connectivity index (χ3v) is 5.30. The molecule has 3 aromatic carbocycles. The average molecular weight is 558 g/mol. The van der Waals surface area contributed by atoms with E-state index in [-0.39, 0.29) is 23.9 Å². The molecule has 0 aromatic heterocycles. The fraction of sp³-hybridized carbons (Fsp3) is 0.160. The Balaban J connectivity index is 1.42. The molecule has 0 aliphatic carbocycles. The number of benzene rings is 3. The van der Waals surface area contributed by atoms with Gasteiger partial charge in [0.05, 0.1) is 10.0 Å². The first kappa shape index (κ1) is 26.0. The predicted molar refractivity (Wildman–Crippen MR) is 140 cm³/mol. The summed E-state index contributed by atoms with van der Waals surface area (Å²) in [5.74, 6) is 0.683. The molecule has 0 aliphatic heterocycles. The maximum absolute atomic E-state index is 12.7. The van der Waals surface area contributed by atoms with Gasteiger partial charge in [-0.25, -0.2) is 0 Å². The molecular formula is C25H24BrN3O5S. The number of hydrogen-bond donors (Lipinski definition) is 3. The monoisotopic (exact) mass is 557 g/mol. The van der Waals surface area contributed by atoms with Crippen LogP contribution in [0.15, 0.2) is 77.3 Å². The Kier molecular flexibility index (Phi) is 9.88. The lowest BCUT2D eigenvalue weighted by Gasteiger charge is -2.14. The molecule has 0 spiro atoms. The summed E-state index contributed by atoms with van der Waals surface area (Å²) in [6, 6.07) is 21.6. The molecule has 3 N–H and O–H groups in total. The van der Waals surface area contributed by atoms with Gasteiger partial charge in [0, 0.05) is 0 Å². The number of para-hydroxylation sites is 2. The van der Waals surface area contributed by atoms with E-state index in [2.05, 4.69) is 32.1 Å². The molecule has 0 aliphatic rings. The zero-order valence-electron chi connectivity index (χ0n) is 18.9. The number of amides is 2. The average Bonchev–Trinajstić information content (AvgIpc) is 2.85. The number of carbonyl (C=O) groups is 2. The van der Waals surface area contributed by atoms with Crippen LogP contribution in [-0.4, -0.2) is 36.7 Å². The molecular weight excluding hydrogens is 534 g/mol. The number of halogens is 1. The van der Waals surface area contributed by atoms with Crippen LogP contribution in [0.25, 0.3) is 0 Å². The van der Waals surface area contributed by atoms with Gasteiger partial charge in [-0.15, -0.1) is 0 Å². The number of carbonyl (C=O) groups excluding carboxylic acids is 2. The SMILES string of the molecule is Cc1ccc(OCC(=O)NNC(=S)NC(=O)c2ccccc2OCCOc2ccccc2)c(Br)c1. The highest BCUT2D eigenvalue weighted by Gasteiger charge is 2.14. The number of ether oxygens (including phenoxy) is 3. The number of rotatable bonds is 9. The summed E-state index contributed by atoms with van der Waals surface area (Å²) in [4.78, 5) is 24.7. The molecule has 2 amide bonds. The maximum atomic E-state index is 12.7. The van der Waals surface area contributed by atoms with E-state index in [0.29, 0.717) is 18.1 Å². The molecule has 35 heavy (non-hydrogen) atoms. The minimum atomic E-state index is -0.490. The van der Waals surface area contributed by atoms with Crippen molar-refractivity contribution in [2.45, 2.75) is 6.92 Å². The van der Waals surface area contributed by atoms with Gasteiger partial charge < -0.3 is 14.2 Å². The Hall–Kier alpha value is -3.63. The lowest BCUT2D eigenvalue weighted by molar-refractivity contribution is -0.123. The van der Waals surface area contributed by atoms with E-state index in [1.165, 1.54) is 0 Å². The van der Waals surface area contributed by atoms with Crippen LogP contribution < -0.4 is 30.4 Å². The normalized spacial score (nSPS) is 10.1. The second-order valence-electron chi connectivity index (χ2n) is 7.19. The number of thiocarbonyl (C=S) groups is 1. The zero-order chi connectivity index (χ0) is 25.0. The van der Waals surface area contributed by atoms with Crippen LogP contribution in [0.5, 0.6) is 17.2 Å². The van der Waals surface area contributed by atoms with E-state index in [4.69, 9.17) is 26.4 Å². The van der Waals surface area contributed by atoms with E-state index in [1.54, 1.807) is 30.3 Å². The van der Waals surface area contributed by atoms with E-state index in [9.17, 15) is 9.59 Å². The molecule has 0 atom stereocenters. The van der Waals surface area contributed by atoms with Crippen LogP contribution in [-0.2, 0) is 4.79 Å². The second kappa shape index (κ2) is 13.3. The molecule has 0 saturated carbocycles. The Morgan fingerprint density at radius 2 is 1.57 bits per heavy atom. The van der Waals surface area contributed by atoms with Crippen molar-refractivity contribution >= 4 is 45.1 Å². The Morgan fingerprint density at radius 3 is 2.34 bits per heavy atom. The van der Waals surface area contributed by atoms with Gasteiger partial charge >= 0.3 is 0 Å². The van der Waals surface area contributed by atoms with E-state index >= 15 is 0 Å². The van der Waals surface area contributed by atoms with E-state index < -0.39 is 11.8 Å². The standard InChI is InChI=1S/C25H24BrN3O5S/c1-17-11-12-22(20(26)15-17)34-16-23(30)28-29-25(35)27-24(31)19-9-5-6-10-21(19)33-14-13-32-18-7-3-2-4-8-18/h2-12,15H,13-14,16H2,1H3,(H,28,30)(H2,27,29,31,35). The largest absolute Gasteiger partial charge is 0.490 e. The molecule has 0 saturated heterocycles. The summed E-state index contributed by atoms with van der Waals surface area (Å²) in [6.45, 7) is 2.26. The lowest BCUT2D eigenvalue weighted by atomic mass is 10.2. The van der Waals surface area contributed by atoms with Gasteiger partial charge in [0.2, 0.25) is 0 Å². The van der Waals surface area contributed by atoms with Crippen molar-refractivity contribution in [3.05, 3.63) is 88.4 Å².